The summed E-state index contributed by atoms with van der Waals surface area (Å²) in [7, 11) is 1.65. The van der Waals surface area contributed by atoms with Crippen LogP contribution < -0.4 is 10.1 Å². The molecule has 0 unspecified atom stereocenters. The van der Waals surface area contributed by atoms with E-state index >= 15 is 0 Å². The highest BCUT2D eigenvalue weighted by Crippen LogP contribution is 2.46. The molecule has 0 radical (unpaired) electrons. The molecular weight excluding hydrogens is 400 g/mol. The van der Waals surface area contributed by atoms with Gasteiger partial charge in [-0.15, -0.1) is 0 Å². The summed E-state index contributed by atoms with van der Waals surface area (Å²) >= 11 is 6.15. The Morgan fingerprint density at radius 1 is 1.27 bits per heavy atom. The molecule has 1 aliphatic heterocycles. The minimum Gasteiger partial charge on any atom is -0.461 e. The van der Waals surface area contributed by atoms with Gasteiger partial charge in [-0.25, -0.2) is 4.98 Å². The summed E-state index contributed by atoms with van der Waals surface area (Å²) in [6.45, 7) is 3.90. The third-order valence-corrected chi connectivity index (χ3v) is 6.40. The predicted molar refractivity (Wildman–Crippen MR) is 119 cm³/mol. The quantitative estimate of drug-likeness (QED) is 0.661. The van der Waals surface area contributed by atoms with Crippen LogP contribution in [0.25, 0.3) is 0 Å². The summed E-state index contributed by atoms with van der Waals surface area (Å²) in [4.78, 5) is 14.1. The van der Waals surface area contributed by atoms with E-state index in [1.165, 1.54) is 12.8 Å². The lowest BCUT2D eigenvalue weighted by molar-refractivity contribution is 0.140. The smallest absolute Gasteiger partial charge is 0.316 e. The van der Waals surface area contributed by atoms with Gasteiger partial charge in [0, 0.05) is 24.0 Å². The molecule has 0 atom stereocenters. The van der Waals surface area contributed by atoms with Crippen molar-refractivity contribution in [1.29, 1.82) is 0 Å². The lowest BCUT2D eigenvalue weighted by Crippen LogP contribution is -2.45. The number of fused-ring (bicyclic) bond motifs is 1. The van der Waals surface area contributed by atoms with Gasteiger partial charge in [0.25, 0.3) is 0 Å². The highest BCUT2D eigenvalue weighted by Gasteiger charge is 2.43. The number of rotatable bonds is 6. The number of aromatic nitrogens is 2. The van der Waals surface area contributed by atoms with Gasteiger partial charge in [0.05, 0.1) is 30.7 Å². The van der Waals surface area contributed by atoms with Crippen LogP contribution in [0.1, 0.15) is 43.9 Å². The molecule has 7 heteroatoms. The number of halogens is 1. The van der Waals surface area contributed by atoms with Crippen LogP contribution in [0.3, 0.4) is 0 Å². The van der Waals surface area contributed by atoms with Gasteiger partial charge in [0.15, 0.2) is 0 Å². The Balaban J connectivity index is 1.60. The maximum Gasteiger partial charge on any atom is 0.316 e. The highest BCUT2D eigenvalue weighted by atomic mass is 35.5. The number of nitrogens with zero attached hydrogens (tertiary/aromatic N) is 3. The molecule has 2 heterocycles. The van der Waals surface area contributed by atoms with Crippen LogP contribution >= 0.6 is 11.6 Å². The molecule has 4 rings (SSSR count). The van der Waals surface area contributed by atoms with Crippen molar-refractivity contribution in [2.75, 3.05) is 25.6 Å². The van der Waals surface area contributed by atoms with Gasteiger partial charge in [-0.1, -0.05) is 30.7 Å². The van der Waals surface area contributed by atoms with Crippen LogP contribution in [-0.2, 0) is 17.7 Å². The van der Waals surface area contributed by atoms with E-state index in [1.54, 1.807) is 13.3 Å². The minimum atomic E-state index is -0.00373. The molecule has 160 valence electrons. The average molecular weight is 429 g/mol. The fourth-order valence-electron chi connectivity index (χ4n) is 4.33. The van der Waals surface area contributed by atoms with Gasteiger partial charge in [-0.3, -0.25) is 4.99 Å². The molecule has 1 aromatic carbocycles. The number of methoxy groups -OCH3 is 1. The number of amidine groups is 1. The van der Waals surface area contributed by atoms with E-state index in [2.05, 4.69) is 23.3 Å². The van der Waals surface area contributed by atoms with Crippen LogP contribution in [-0.4, -0.2) is 36.1 Å². The number of nitrogens with one attached hydrogen (secondary N) is 1. The summed E-state index contributed by atoms with van der Waals surface area (Å²) in [6.07, 6.45) is 7.29. The van der Waals surface area contributed by atoms with E-state index in [9.17, 15) is 0 Å². The molecule has 1 aliphatic carbocycles. The molecule has 2 aliphatic rings. The fourth-order valence-corrected chi connectivity index (χ4v) is 4.54. The summed E-state index contributed by atoms with van der Waals surface area (Å²) in [6, 6.07) is 8.31. The zero-order chi connectivity index (χ0) is 21.0. The first-order valence-electron chi connectivity index (χ1n) is 10.6. The number of anilines is 1. The second-order valence-electron chi connectivity index (χ2n) is 8.41. The summed E-state index contributed by atoms with van der Waals surface area (Å²) in [5.41, 5.74) is 3.04. The SMILES string of the molecule is COCCOc1ncc2c(n1)CC1(CCC(C)CC1)C(=NCc1cccc(Cl)c1)N2. The third-order valence-electron chi connectivity index (χ3n) is 6.17. The summed E-state index contributed by atoms with van der Waals surface area (Å²) < 4.78 is 10.7. The topological polar surface area (TPSA) is 68.6 Å². The van der Waals surface area contributed by atoms with Crippen LogP contribution in [0.15, 0.2) is 35.5 Å². The maximum atomic E-state index is 6.15. The number of aliphatic imine (C=N–C) groups is 1. The number of hydrogen-bond donors (Lipinski definition) is 1. The van der Waals surface area contributed by atoms with Gasteiger partial charge in [-0.2, -0.15) is 4.98 Å². The van der Waals surface area contributed by atoms with Crippen LogP contribution in [0.2, 0.25) is 5.02 Å². The van der Waals surface area contributed by atoms with Crippen LogP contribution in [0.5, 0.6) is 6.01 Å². The Bertz CT molecular complexity index is 910. The van der Waals surface area contributed by atoms with E-state index in [-0.39, 0.29) is 5.41 Å². The van der Waals surface area contributed by atoms with E-state index in [1.807, 2.05) is 18.2 Å². The zero-order valence-corrected chi connectivity index (χ0v) is 18.4. The Labute approximate surface area is 183 Å². The van der Waals surface area contributed by atoms with Crippen molar-refractivity contribution in [3.63, 3.8) is 0 Å². The fraction of sp³-hybridized carbons (Fsp3) is 0.522. The predicted octanol–water partition coefficient (Wildman–Crippen LogP) is 4.92. The highest BCUT2D eigenvalue weighted by molar-refractivity contribution is 6.30. The summed E-state index contributed by atoms with van der Waals surface area (Å²) in [5.74, 6) is 1.81. The van der Waals surface area contributed by atoms with E-state index in [0.29, 0.717) is 25.8 Å². The molecular formula is C23H29ClN4O2. The molecule has 6 nitrogen and oxygen atoms in total. The lowest BCUT2D eigenvalue weighted by atomic mass is 9.66. The summed E-state index contributed by atoms with van der Waals surface area (Å²) in [5, 5.41) is 4.30. The molecule has 1 N–H and O–H groups in total. The molecule has 0 amide bonds. The molecule has 0 saturated heterocycles. The van der Waals surface area contributed by atoms with Gasteiger partial charge in [0.1, 0.15) is 12.4 Å². The Morgan fingerprint density at radius 2 is 2.10 bits per heavy atom. The first kappa shape index (κ1) is 21.1. The number of ether oxygens (including phenoxy) is 2. The minimum absolute atomic E-state index is 0.00373. The number of benzene rings is 1. The third kappa shape index (κ3) is 4.76. The van der Waals surface area contributed by atoms with E-state index in [4.69, 9.17) is 31.1 Å². The molecule has 2 aromatic rings. The largest absolute Gasteiger partial charge is 0.461 e. The number of hydrogen-bond acceptors (Lipinski definition) is 5. The molecule has 1 fully saturated rings. The van der Waals surface area contributed by atoms with Crippen molar-refractivity contribution in [2.45, 2.75) is 45.6 Å². The average Bonchev–Trinajstić information content (AvgIpc) is 2.75. The maximum absolute atomic E-state index is 6.15. The van der Waals surface area contributed by atoms with Crippen molar-refractivity contribution in [3.8, 4) is 6.01 Å². The second-order valence-corrected chi connectivity index (χ2v) is 8.85. The first-order chi connectivity index (χ1) is 14.6. The molecule has 1 aromatic heterocycles. The van der Waals surface area contributed by atoms with Crippen LogP contribution in [0.4, 0.5) is 5.69 Å². The zero-order valence-electron chi connectivity index (χ0n) is 17.7. The van der Waals surface area contributed by atoms with Gasteiger partial charge < -0.3 is 14.8 Å². The van der Waals surface area contributed by atoms with Gasteiger partial charge >= 0.3 is 6.01 Å². The Morgan fingerprint density at radius 3 is 2.87 bits per heavy atom. The normalized spacial score (nSPS) is 24.5. The van der Waals surface area contributed by atoms with Gasteiger partial charge in [0.2, 0.25) is 0 Å². The van der Waals surface area contributed by atoms with Crippen molar-refractivity contribution in [2.24, 2.45) is 16.3 Å². The van der Waals surface area contributed by atoms with Crippen molar-refractivity contribution >= 4 is 23.1 Å². The Hall–Kier alpha value is -2.18. The monoisotopic (exact) mass is 428 g/mol. The first-order valence-corrected chi connectivity index (χ1v) is 11.0. The van der Waals surface area contributed by atoms with Crippen molar-refractivity contribution < 1.29 is 9.47 Å². The molecule has 30 heavy (non-hydrogen) atoms. The standard InChI is InChI=1S/C23H29ClN4O2/c1-16-6-8-23(9-7-16)13-19-20(15-26-22(28-19)30-11-10-29-2)27-21(23)25-14-17-4-3-5-18(24)12-17/h3-5,12,15-16H,6-11,13-14H2,1-2H3,(H,25,27). The van der Waals surface area contributed by atoms with Crippen molar-refractivity contribution in [1.82, 2.24) is 9.97 Å². The molecule has 0 bridgehead atoms. The molecule has 1 spiro atoms. The van der Waals surface area contributed by atoms with E-state index in [0.717, 1.165) is 53.0 Å². The lowest BCUT2D eigenvalue weighted by Gasteiger charge is -2.43. The van der Waals surface area contributed by atoms with E-state index < -0.39 is 0 Å². The molecule has 1 saturated carbocycles. The second kappa shape index (κ2) is 9.31. The Kier molecular flexibility index (Phi) is 6.54. The van der Waals surface area contributed by atoms with Crippen molar-refractivity contribution in [3.05, 3.63) is 46.7 Å². The van der Waals surface area contributed by atoms with Gasteiger partial charge in [-0.05, 0) is 49.3 Å². The van der Waals surface area contributed by atoms with Crippen LogP contribution in [0, 0.1) is 11.3 Å².